The summed E-state index contributed by atoms with van der Waals surface area (Å²) in [6.07, 6.45) is 5.57. The Balaban J connectivity index is 1.52. The van der Waals surface area contributed by atoms with E-state index in [2.05, 4.69) is 4.90 Å². The van der Waals surface area contributed by atoms with E-state index in [4.69, 9.17) is 15.2 Å². The van der Waals surface area contributed by atoms with Gasteiger partial charge in [-0.15, -0.1) is 0 Å². The third kappa shape index (κ3) is 8.48. The summed E-state index contributed by atoms with van der Waals surface area (Å²) in [5, 5.41) is -1.14. The van der Waals surface area contributed by atoms with Crippen molar-refractivity contribution in [1.29, 1.82) is 0 Å². The summed E-state index contributed by atoms with van der Waals surface area (Å²) < 4.78 is 36.7. The van der Waals surface area contributed by atoms with Crippen molar-refractivity contribution in [2.45, 2.75) is 37.5 Å². The number of amides is 1. The number of unbranched alkanes of at least 4 members (excludes halogenated alkanes) is 2. The second-order valence-corrected chi connectivity index (χ2v) is 11.0. The topological polar surface area (TPSA) is 121 Å². The van der Waals surface area contributed by atoms with Gasteiger partial charge < -0.3 is 15.2 Å². The molecule has 1 aromatic carbocycles. The summed E-state index contributed by atoms with van der Waals surface area (Å²) >= 11 is 0. The van der Waals surface area contributed by atoms with E-state index in [1.165, 1.54) is 12.3 Å². The van der Waals surface area contributed by atoms with E-state index < -0.39 is 26.7 Å². The van der Waals surface area contributed by atoms with Crippen molar-refractivity contribution < 1.29 is 22.7 Å². The number of carbonyl (C=O) groups is 1. The second-order valence-electron chi connectivity index (χ2n) is 8.84. The summed E-state index contributed by atoms with van der Waals surface area (Å²) in [5.41, 5.74) is 6.19. The van der Waals surface area contributed by atoms with Crippen molar-refractivity contribution in [3.63, 3.8) is 0 Å². The van der Waals surface area contributed by atoms with E-state index in [-0.39, 0.29) is 12.8 Å². The fourth-order valence-corrected chi connectivity index (χ4v) is 5.24. The molecule has 1 aromatic heterocycles. The maximum absolute atomic E-state index is 12.7. The minimum atomic E-state index is -3.61. The lowest BCUT2D eigenvalue weighted by molar-refractivity contribution is -0.118. The van der Waals surface area contributed by atoms with Gasteiger partial charge in [-0.3, -0.25) is 19.1 Å². The number of nitrogens with zero attached hydrogens (tertiary/aromatic N) is 2. The Morgan fingerprint density at radius 1 is 1.09 bits per heavy atom. The normalized spacial score (nSPS) is 15.6. The summed E-state index contributed by atoms with van der Waals surface area (Å²) in [6, 6.07) is 10.5. The van der Waals surface area contributed by atoms with Gasteiger partial charge in [-0.2, -0.15) is 0 Å². The molecule has 0 saturated carbocycles. The number of hydrogen-bond acceptors (Lipinski definition) is 7. The number of benzene rings is 1. The lowest BCUT2D eigenvalue weighted by atomic mass is 10.1. The van der Waals surface area contributed by atoms with Gasteiger partial charge in [-0.05, 0) is 61.6 Å². The van der Waals surface area contributed by atoms with E-state index >= 15 is 0 Å². The number of aromatic nitrogens is 1. The second kappa shape index (κ2) is 12.9. The maximum atomic E-state index is 12.7. The molecule has 9 nitrogen and oxygen atoms in total. The summed E-state index contributed by atoms with van der Waals surface area (Å²) in [7, 11) is -3.61. The van der Waals surface area contributed by atoms with Crippen molar-refractivity contribution in [3.05, 3.63) is 52.9 Å². The quantitative estimate of drug-likeness (QED) is 0.414. The zero-order valence-corrected chi connectivity index (χ0v) is 21.0. The van der Waals surface area contributed by atoms with Crippen molar-refractivity contribution in [2.75, 3.05) is 45.7 Å². The van der Waals surface area contributed by atoms with Crippen molar-refractivity contribution >= 4 is 15.7 Å². The van der Waals surface area contributed by atoms with Crippen LogP contribution in [-0.2, 0) is 19.4 Å². The van der Waals surface area contributed by atoms with Crippen LogP contribution in [0.4, 0.5) is 0 Å². The van der Waals surface area contributed by atoms with Gasteiger partial charge in [0.15, 0.2) is 9.84 Å². The first kappa shape index (κ1) is 26.9. The number of carbonyl (C=O) groups excluding carboxylic acids is 1. The number of pyridine rings is 1. The van der Waals surface area contributed by atoms with Gasteiger partial charge in [-0.25, -0.2) is 8.42 Å². The number of ether oxygens (including phenoxy) is 2. The molecule has 3 rings (SSSR count). The van der Waals surface area contributed by atoms with Crippen molar-refractivity contribution in [2.24, 2.45) is 5.73 Å². The van der Waals surface area contributed by atoms with Crippen LogP contribution in [0.5, 0.6) is 5.75 Å². The van der Waals surface area contributed by atoms with Gasteiger partial charge in [0.2, 0.25) is 5.91 Å². The number of hydrogen-bond donors (Lipinski definition) is 1. The highest BCUT2D eigenvalue weighted by molar-refractivity contribution is 7.90. The fraction of sp³-hybridized carbons (Fsp3) is 0.520. The van der Waals surface area contributed by atoms with Gasteiger partial charge in [0.25, 0.3) is 5.56 Å². The molecule has 0 aliphatic carbocycles. The molecule has 1 aliphatic heterocycles. The highest BCUT2D eigenvalue weighted by Gasteiger charge is 2.24. The zero-order valence-electron chi connectivity index (χ0n) is 20.2. The van der Waals surface area contributed by atoms with Crippen molar-refractivity contribution in [3.8, 4) is 16.9 Å². The number of sulfone groups is 1. The van der Waals surface area contributed by atoms with Crippen LogP contribution in [0.2, 0.25) is 0 Å². The summed E-state index contributed by atoms with van der Waals surface area (Å²) in [4.78, 5) is 26.2. The molecule has 1 fully saturated rings. The molecule has 0 radical (unpaired) electrons. The molecule has 2 aromatic rings. The third-order valence-electron chi connectivity index (χ3n) is 6.07. The van der Waals surface area contributed by atoms with Gasteiger partial charge in [0.1, 0.15) is 11.1 Å². The highest BCUT2D eigenvalue weighted by atomic mass is 32.2. The molecule has 1 amide bonds. The van der Waals surface area contributed by atoms with Gasteiger partial charge in [-0.1, -0.05) is 12.1 Å². The third-order valence-corrected chi connectivity index (χ3v) is 7.52. The monoisotopic (exact) mass is 505 g/mol. The first-order chi connectivity index (χ1) is 16.7. The first-order valence-electron chi connectivity index (χ1n) is 12.0. The van der Waals surface area contributed by atoms with E-state index in [1.807, 2.05) is 24.3 Å². The number of nitrogens with two attached hydrogens (primary N) is 1. The predicted molar refractivity (Wildman–Crippen MR) is 135 cm³/mol. The Bertz CT molecular complexity index is 1120. The lowest BCUT2D eigenvalue weighted by Gasteiger charge is -2.26. The lowest BCUT2D eigenvalue weighted by Crippen LogP contribution is -2.36. The Kier molecular flexibility index (Phi) is 9.88. The van der Waals surface area contributed by atoms with Crippen LogP contribution < -0.4 is 16.0 Å². The molecular formula is C25H35N3O6S. The first-order valence-corrected chi connectivity index (χ1v) is 13.9. The fourth-order valence-electron chi connectivity index (χ4n) is 4.11. The van der Waals surface area contributed by atoms with E-state index in [0.29, 0.717) is 12.2 Å². The molecule has 1 unspecified atom stereocenters. The van der Waals surface area contributed by atoms with Crippen LogP contribution in [-0.4, -0.2) is 69.5 Å². The Hall–Kier alpha value is -2.69. The van der Waals surface area contributed by atoms with Crippen LogP contribution >= 0.6 is 0 Å². The molecule has 0 spiro atoms. The van der Waals surface area contributed by atoms with Crippen molar-refractivity contribution in [1.82, 2.24) is 9.47 Å². The SMILES string of the molecule is CS(=O)(=O)C(CCC(N)=O)n1ccc(-c2ccc(OCCCCCN3CCOCC3)cc2)cc1=O. The molecule has 2 N–H and O–H groups in total. The molecule has 0 bridgehead atoms. The van der Waals surface area contributed by atoms with E-state index in [0.717, 1.165) is 74.2 Å². The summed E-state index contributed by atoms with van der Waals surface area (Å²) in [6.45, 7) is 5.45. The van der Waals surface area contributed by atoms with Gasteiger partial charge >= 0.3 is 0 Å². The molecule has 1 atom stereocenters. The molecule has 35 heavy (non-hydrogen) atoms. The smallest absolute Gasteiger partial charge is 0.252 e. The molecule has 10 heteroatoms. The average Bonchev–Trinajstić information content (AvgIpc) is 2.82. The van der Waals surface area contributed by atoms with Crippen LogP contribution in [0.1, 0.15) is 37.5 Å². The van der Waals surface area contributed by atoms with Gasteiger partial charge in [0, 0.05) is 38.0 Å². The van der Waals surface area contributed by atoms with Crippen LogP contribution in [0.25, 0.3) is 11.1 Å². The minimum Gasteiger partial charge on any atom is -0.494 e. The van der Waals surface area contributed by atoms with E-state index in [9.17, 15) is 18.0 Å². The zero-order chi connectivity index (χ0) is 25.3. The predicted octanol–water partition coefficient (Wildman–Crippen LogP) is 2.21. The highest BCUT2D eigenvalue weighted by Crippen LogP contribution is 2.24. The summed E-state index contributed by atoms with van der Waals surface area (Å²) in [5.74, 6) is 0.150. The molecule has 1 saturated heterocycles. The van der Waals surface area contributed by atoms with Gasteiger partial charge in [0.05, 0.1) is 19.8 Å². The maximum Gasteiger partial charge on any atom is 0.252 e. The number of rotatable bonds is 13. The Labute approximate surface area is 206 Å². The largest absolute Gasteiger partial charge is 0.494 e. The van der Waals surface area contributed by atoms with Crippen LogP contribution in [0.3, 0.4) is 0 Å². The number of primary amides is 1. The number of morpholine rings is 1. The molecular weight excluding hydrogens is 470 g/mol. The van der Waals surface area contributed by atoms with Crippen LogP contribution in [0, 0.1) is 0 Å². The Morgan fingerprint density at radius 3 is 2.43 bits per heavy atom. The minimum absolute atomic E-state index is 0.0489. The Morgan fingerprint density at radius 2 is 1.80 bits per heavy atom. The van der Waals surface area contributed by atoms with Crippen LogP contribution in [0.15, 0.2) is 47.4 Å². The average molecular weight is 506 g/mol. The van der Waals surface area contributed by atoms with E-state index in [1.54, 1.807) is 6.07 Å². The molecule has 192 valence electrons. The molecule has 2 heterocycles. The molecule has 1 aliphatic rings. The standard InChI is InChI=1S/C25H35N3O6S/c1-35(31,32)25(10-9-23(26)29)28-13-11-21(19-24(28)30)20-5-7-22(8-6-20)34-16-4-2-3-12-27-14-17-33-18-15-27/h5-8,11,13,19,25H,2-4,9-10,12,14-18H2,1H3,(H2,26,29).